The first-order valence-electron chi connectivity index (χ1n) is 4.89. The van der Waals surface area contributed by atoms with E-state index in [0.29, 0.717) is 0 Å². The molecule has 1 nitrogen and oxygen atoms in total. The van der Waals surface area contributed by atoms with Gasteiger partial charge in [0, 0.05) is 7.11 Å². The third kappa shape index (κ3) is 2.85. The molecule has 1 aromatic carbocycles. The molecule has 0 N–H and O–H groups in total. The molecule has 0 radical (unpaired) electrons. The number of aryl methyl sites for hydroxylation is 1. The first-order valence-corrected chi connectivity index (χ1v) is 4.89. The van der Waals surface area contributed by atoms with Crippen LogP contribution in [0.2, 0.25) is 0 Å². The van der Waals surface area contributed by atoms with Gasteiger partial charge in [-0.15, -0.1) is 0 Å². The highest BCUT2D eigenvalue weighted by Crippen LogP contribution is 2.16. The van der Waals surface area contributed by atoms with Crippen molar-refractivity contribution in [3.8, 4) is 0 Å². The normalized spacial score (nSPS) is 12.8. The highest BCUT2D eigenvalue weighted by atomic mass is 16.5. The molecule has 0 amide bonds. The van der Waals surface area contributed by atoms with E-state index in [9.17, 15) is 0 Å². The second-order valence-electron chi connectivity index (χ2n) is 3.37. The minimum Gasteiger partial charge on any atom is -0.377 e. The first-order chi connectivity index (χ1) is 6.27. The number of benzene rings is 1. The van der Waals surface area contributed by atoms with Crippen molar-refractivity contribution in [2.75, 3.05) is 7.11 Å². The smallest absolute Gasteiger partial charge is 0.0793 e. The second kappa shape index (κ2) is 5.03. The number of methoxy groups -OCH3 is 1. The Bertz CT molecular complexity index is 238. The highest BCUT2D eigenvalue weighted by Gasteiger charge is 2.01. The van der Waals surface area contributed by atoms with Crippen LogP contribution in [0.1, 0.15) is 37.5 Å². The van der Waals surface area contributed by atoms with E-state index >= 15 is 0 Å². The molecule has 1 aromatic rings. The molecule has 0 fully saturated rings. The molecule has 0 aliphatic carbocycles. The van der Waals surface area contributed by atoms with Crippen molar-refractivity contribution in [1.29, 1.82) is 0 Å². The Hall–Kier alpha value is -0.820. The molecule has 13 heavy (non-hydrogen) atoms. The number of hydrogen-bond donors (Lipinski definition) is 0. The van der Waals surface area contributed by atoms with E-state index in [2.05, 4.69) is 38.1 Å². The topological polar surface area (TPSA) is 9.23 Å². The number of rotatable bonds is 4. The van der Waals surface area contributed by atoms with E-state index in [1.54, 1.807) is 7.11 Å². The third-order valence-electron chi connectivity index (χ3n) is 2.34. The summed E-state index contributed by atoms with van der Waals surface area (Å²) in [5, 5.41) is 0. The molecule has 0 aliphatic heterocycles. The zero-order chi connectivity index (χ0) is 9.68. The van der Waals surface area contributed by atoms with Crippen molar-refractivity contribution < 1.29 is 4.74 Å². The Morgan fingerprint density at radius 3 is 2.31 bits per heavy atom. The Labute approximate surface area is 80.7 Å². The standard InChI is InChI=1S/C12H18O/c1-4-5-11-6-8-12(9-7-11)10(2)13-3/h6-10H,4-5H2,1-3H3/t10-/m0/s1. The summed E-state index contributed by atoms with van der Waals surface area (Å²) >= 11 is 0. The van der Waals surface area contributed by atoms with Crippen LogP contribution in [0.15, 0.2) is 24.3 Å². The van der Waals surface area contributed by atoms with Crippen molar-refractivity contribution in [2.24, 2.45) is 0 Å². The van der Waals surface area contributed by atoms with Crippen LogP contribution in [0.25, 0.3) is 0 Å². The summed E-state index contributed by atoms with van der Waals surface area (Å²) in [5.74, 6) is 0. The maximum absolute atomic E-state index is 5.24. The van der Waals surface area contributed by atoms with Crippen LogP contribution in [-0.2, 0) is 11.2 Å². The van der Waals surface area contributed by atoms with Gasteiger partial charge in [0.25, 0.3) is 0 Å². The van der Waals surface area contributed by atoms with Crippen molar-refractivity contribution in [1.82, 2.24) is 0 Å². The number of ether oxygens (including phenoxy) is 1. The monoisotopic (exact) mass is 178 g/mol. The van der Waals surface area contributed by atoms with Crippen LogP contribution in [0, 0.1) is 0 Å². The first kappa shape index (κ1) is 10.3. The van der Waals surface area contributed by atoms with E-state index < -0.39 is 0 Å². The lowest BCUT2D eigenvalue weighted by Crippen LogP contribution is -1.95. The predicted molar refractivity (Wildman–Crippen MR) is 55.9 cm³/mol. The molecule has 0 aliphatic rings. The van der Waals surface area contributed by atoms with E-state index in [-0.39, 0.29) is 6.10 Å². The SMILES string of the molecule is CCCc1ccc([C@H](C)OC)cc1. The van der Waals surface area contributed by atoms with Crippen molar-refractivity contribution >= 4 is 0 Å². The van der Waals surface area contributed by atoms with Crippen molar-refractivity contribution in [2.45, 2.75) is 32.8 Å². The molecule has 0 saturated heterocycles. The molecule has 1 rings (SSSR count). The van der Waals surface area contributed by atoms with Crippen LogP contribution in [0.3, 0.4) is 0 Å². The molecule has 0 saturated carbocycles. The highest BCUT2D eigenvalue weighted by molar-refractivity contribution is 5.23. The van der Waals surface area contributed by atoms with Gasteiger partial charge in [-0.05, 0) is 24.5 Å². The fourth-order valence-electron chi connectivity index (χ4n) is 1.38. The lowest BCUT2D eigenvalue weighted by Gasteiger charge is -2.09. The maximum Gasteiger partial charge on any atom is 0.0793 e. The Morgan fingerprint density at radius 1 is 1.23 bits per heavy atom. The average Bonchev–Trinajstić information content (AvgIpc) is 2.18. The van der Waals surface area contributed by atoms with E-state index in [0.717, 1.165) is 0 Å². The predicted octanol–water partition coefficient (Wildman–Crippen LogP) is 3.35. The van der Waals surface area contributed by atoms with Crippen LogP contribution < -0.4 is 0 Å². The van der Waals surface area contributed by atoms with E-state index in [1.165, 1.54) is 24.0 Å². The third-order valence-corrected chi connectivity index (χ3v) is 2.34. The Kier molecular flexibility index (Phi) is 3.97. The van der Waals surface area contributed by atoms with Gasteiger partial charge in [0.15, 0.2) is 0 Å². The molecule has 1 heteroatoms. The molecule has 1 atom stereocenters. The molecule has 0 unspecified atom stereocenters. The van der Waals surface area contributed by atoms with Crippen LogP contribution in [-0.4, -0.2) is 7.11 Å². The van der Waals surface area contributed by atoms with Gasteiger partial charge in [0.05, 0.1) is 6.10 Å². The second-order valence-corrected chi connectivity index (χ2v) is 3.37. The van der Waals surface area contributed by atoms with E-state index in [1.807, 2.05) is 0 Å². The molecule has 0 spiro atoms. The van der Waals surface area contributed by atoms with Gasteiger partial charge in [-0.25, -0.2) is 0 Å². The molecule has 0 bridgehead atoms. The molecule has 72 valence electrons. The van der Waals surface area contributed by atoms with Crippen LogP contribution >= 0.6 is 0 Å². The van der Waals surface area contributed by atoms with Gasteiger partial charge in [-0.1, -0.05) is 37.6 Å². The maximum atomic E-state index is 5.24. The van der Waals surface area contributed by atoms with Crippen molar-refractivity contribution in [3.63, 3.8) is 0 Å². The molecule has 0 aromatic heterocycles. The summed E-state index contributed by atoms with van der Waals surface area (Å²) in [4.78, 5) is 0. The van der Waals surface area contributed by atoms with Gasteiger partial charge in [0.1, 0.15) is 0 Å². The fraction of sp³-hybridized carbons (Fsp3) is 0.500. The van der Waals surface area contributed by atoms with Crippen molar-refractivity contribution in [3.05, 3.63) is 35.4 Å². The van der Waals surface area contributed by atoms with Gasteiger partial charge in [-0.3, -0.25) is 0 Å². The van der Waals surface area contributed by atoms with Crippen LogP contribution in [0.4, 0.5) is 0 Å². The summed E-state index contributed by atoms with van der Waals surface area (Å²) in [6, 6.07) is 8.68. The lowest BCUT2D eigenvalue weighted by molar-refractivity contribution is 0.119. The molecular weight excluding hydrogens is 160 g/mol. The summed E-state index contributed by atoms with van der Waals surface area (Å²) in [5.41, 5.74) is 2.66. The zero-order valence-electron chi connectivity index (χ0n) is 8.71. The van der Waals surface area contributed by atoms with Gasteiger partial charge >= 0.3 is 0 Å². The quantitative estimate of drug-likeness (QED) is 0.687. The van der Waals surface area contributed by atoms with Gasteiger partial charge < -0.3 is 4.74 Å². The molecule has 0 heterocycles. The molecular formula is C12H18O. The Morgan fingerprint density at radius 2 is 1.85 bits per heavy atom. The van der Waals surface area contributed by atoms with E-state index in [4.69, 9.17) is 4.74 Å². The van der Waals surface area contributed by atoms with Gasteiger partial charge in [-0.2, -0.15) is 0 Å². The summed E-state index contributed by atoms with van der Waals surface area (Å²) in [6.45, 7) is 4.26. The summed E-state index contributed by atoms with van der Waals surface area (Å²) < 4.78 is 5.24. The van der Waals surface area contributed by atoms with Crippen LogP contribution in [0.5, 0.6) is 0 Å². The summed E-state index contributed by atoms with van der Waals surface area (Å²) in [7, 11) is 1.74. The number of hydrogen-bond acceptors (Lipinski definition) is 1. The largest absolute Gasteiger partial charge is 0.377 e. The average molecular weight is 178 g/mol. The minimum absolute atomic E-state index is 0.204. The zero-order valence-corrected chi connectivity index (χ0v) is 8.71. The summed E-state index contributed by atoms with van der Waals surface area (Å²) in [6.07, 6.45) is 2.58. The van der Waals surface area contributed by atoms with Gasteiger partial charge in [0.2, 0.25) is 0 Å². The lowest BCUT2D eigenvalue weighted by atomic mass is 10.1. The fourth-order valence-corrected chi connectivity index (χ4v) is 1.38. The minimum atomic E-state index is 0.204. The Balaban J connectivity index is 2.69.